The maximum absolute atomic E-state index is 6.01. The second-order valence-electron chi connectivity index (χ2n) is 5.51. The predicted octanol–water partition coefficient (Wildman–Crippen LogP) is 3.88. The molecule has 0 amide bonds. The summed E-state index contributed by atoms with van der Waals surface area (Å²) in [7, 11) is 1.76. The summed E-state index contributed by atoms with van der Waals surface area (Å²) < 4.78 is 5.19. The van der Waals surface area contributed by atoms with E-state index in [2.05, 4.69) is 28.3 Å². The minimum Gasteiger partial charge on any atom is -0.385 e. The third-order valence-corrected chi connectivity index (χ3v) is 5.03. The number of nitrogens with one attached hydrogen (secondary N) is 1. The number of ether oxygens (including phenoxy) is 1. The first kappa shape index (κ1) is 14.0. The van der Waals surface area contributed by atoms with Gasteiger partial charge in [0.15, 0.2) is 0 Å². The van der Waals surface area contributed by atoms with E-state index in [9.17, 15) is 0 Å². The summed E-state index contributed by atoms with van der Waals surface area (Å²) in [6, 6.07) is 2.12. The van der Waals surface area contributed by atoms with Gasteiger partial charge in [0.1, 0.15) is 10.6 Å². The van der Waals surface area contributed by atoms with Gasteiger partial charge in [-0.3, -0.25) is 0 Å². The van der Waals surface area contributed by atoms with Crippen molar-refractivity contribution in [3.8, 4) is 0 Å². The highest BCUT2D eigenvalue weighted by atomic mass is 35.5. The molecule has 0 aromatic carbocycles. The van der Waals surface area contributed by atoms with Gasteiger partial charge in [0.05, 0.1) is 5.39 Å². The Labute approximate surface area is 127 Å². The summed E-state index contributed by atoms with van der Waals surface area (Å²) in [6.07, 6.45) is 3.61. The molecule has 0 radical (unpaired) electrons. The van der Waals surface area contributed by atoms with Gasteiger partial charge in [-0.05, 0) is 49.3 Å². The van der Waals surface area contributed by atoms with Gasteiger partial charge >= 0.3 is 0 Å². The molecule has 0 spiro atoms. The van der Waals surface area contributed by atoms with E-state index in [4.69, 9.17) is 16.3 Å². The number of anilines is 1. The summed E-state index contributed by atoms with van der Waals surface area (Å²) >= 11 is 7.65. The highest BCUT2D eigenvalue weighted by Crippen LogP contribution is 2.48. The molecule has 0 unspecified atom stereocenters. The fraction of sp³-hybridized carbons (Fsp3) is 0.571. The first-order valence-corrected chi connectivity index (χ1v) is 7.98. The number of rotatable bonds is 6. The Kier molecular flexibility index (Phi) is 3.84. The van der Waals surface area contributed by atoms with E-state index in [0.29, 0.717) is 10.7 Å². The lowest BCUT2D eigenvalue weighted by molar-refractivity contribution is 0.175. The molecule has 3 rings (SSSR count). The molecule has 1 aliphatic carbocycles. The van der Waals surface area contributed by atoms with Crippen molar-refractivity contribution >= 4 is 39.0 Å². The molecular formula is C14H18ClN3OS. The van der Waals surface area contributed by atoms with Crippen molar-refractivity contribution in [3.63, 3.8) is 0 Å². The lowest BCUT2D eigenvalue weighted by atomic mass is 10.0. The molecule has 0 bridgehead atoms. The van der Waals surface area contributed by atoms with Gasteiger partial charge in [-0.15, -0.1) is 11.3 Å². The number of halogens is 1. The quantitative estimate of drug-likeness (QED) is 0.822. The van der Waals surface area contributed by atoms with Crippen molar-refractivity contribution in [2.75, 3.05) is 25.6 Å². The summed E-state index contributed by atoms with van der Waals surface area (Å²) in [5, 5.41) is 4.85. The van der Waals surface area contributed by atoms with Crippen LogP contribution in [0.15, 0.2) is 6.07 Å². The topological polar surface area (TPSA) is 47.0 Å². The zero-order chi connectivity index (χ0) is 14.2. The zero-order valence-electron chi connectivity index (χ0n) is 11.7. The molecule has 0 aliphatic heterocycles. The number of methoxy groups -OCH3 is 1. The first-order valence-electron chi connectivity index (χ1n) is 6.78. The number of hydrogen-bond donors (Lipinski definition) is 1. The van der Waals surface area contributed by atoms with Gasteiger partial charge in [0, 0.05) is 25.1 Å². The maximum Gasteiger partial charge on any atom is 0.225 e. The summed E-state index contributed by atoms with van der Waals surface area (Å²) in [4.78, 5) is 10.8. The Balaban J connectivity index is 1.77. The van der Waals surface area contributed by atoms with Gasteiger partial charge in [-0.1, -0.05) is 0 Å². The number of hydrogen-bond acceptors (Lipinski definition) is 5. The standard InChI is InChI=1S/C14H18ClN3OS/c1-9-7-10-11(17-13(15)18-12(10)20-9)16-8-14(3-4-14)5-6-19-2/h7H,3-6,8H2,1-2H3,(H,16,17,18). The average molecular weight is 312 g/mol. The lowest BCUT2D eigenvalue weighted by Gasteiger charge is -2.16. The summed E-state index contributed by atoms with van der Waals surface area (Å²) in [5.41, 5.74) is 0.380. The number of fused-ring (bicyclic) bond motifs is 1. The molecule has 0 saturated heterocycles. The van der Waals surface area contributed by atoms with E-state index in [1.807, 2.05) is 0 Å². The normalized spacial score (nSPS) is 16.6. The Morgan fingerprint density at radius 1 is 1.45 bits per heavy atom. The number of aromatic nitrogens is 2. The van der Waals surface area contributed by atoms with E-state index in [-0.39, 0.29) is 0 Å². The van der Waals surface area contributed by atoms with Crippen LogP contribution in [0, 0.1) is 12.3 Å². The Morgan fingerprint density at radius 3 is 2.95 bits per heavy atom. The Morgan fingerprint density at radius 2 is 2.25 bits per heavy atom. The van der Waals surface area contributed by atoms with Gasteiger partial charge in [-0.25, -0.2) is 9.97 Å². The molecule has 1 saturated carbocycles. The van der Waals surface area contributed by atoms with Gasteiger partial charge in [0.25, 0.3) is 0 Å². The molecular weight excluding hydrogens is 294 g/mol. The van der Waals surface area contributed by atoms with Crippen LogP contribution in [0.4, 0.5) is 5.82 Å². The van der Waals surface area contributed by atoms with Crippen LogP contribution in [-0.2, 0) is 4.74 Å². The molecule has 2 aromatic rings. The van der Waals surface area contributed by atoms with Crippen LogP contribution in [0.25, 0.3) is 10.2 Å². The number of thiophene rings is 1. The Bertz CT molecular complexity index is 624. The van der Waals surface area contributed by atoms with Crippen LogP contribution in [0.5, 0.6) is 0 Å². The number of nitrogens with zero attached hydrogens (tertiary/aromatic N) is 2. The number of aryl methyl sites for hydroxylation is 1. The molecule has 2 aromatic heterocycles. The van der Waals surface area contributed by atoms with Crippen LogP contribution in [0.1, 0.15) is 24.1 Å². The molecule has 4 nitrogen and oxygen atoms in total. The molecule has 20 heavy (non-hydrogen) atoms. The monoisotopic (exact) mass is 311 g/mol. The van der Waals surface area contributed by atoms with Gasteiger partial charge < -0.3 is 10.1 Å². The molecule has 0 atom stereocenters. The van der Waals surface area contributed by atoms with E-state index in [1.165, 1.54) is 17.7 Å². The van der Waals surface area contributed by atoms with Gasteiger partial charge in [-0.2, -0.15) is 0 Å². The van der Waals surface area contributed by atoms with Crippen LogP contribution >= 0.6 is 22.9 Å². The average Bonchev–Trinajstić information content (AvgIpc) is 3.08. The third-order valence-electron chi connectivity index (χ3n) is 3.91. The molecule has 1 fully saturated rings. The SMILES string of the molecule is COCCC1(CNc2nc(Cl)nc3sc(C)cc23)CC1. The fourth-order valence-electron chi connectivity index (χ4n) is 2.43. The van der Waals surface area contributed by atoms with Crippen LogP contribution in [0.2, 0.25) is 5.28 Å². The van der Waals surface area contributed by atoms with Crippen molar-refractivity contribution in [3.05, 3.63) is 16.2 Å². The van der Waals surface area contributed by atoms with Crippen molar-refractivity contribution in [1.82, 2.24) is 9.97 Å². The van der Waals surface area contributed by atoms with Gasteiger partial charge in [0.2, 0.25) is 5.28 Å². The van der Waals surface area contributed by atoms with Crippen molar-refractivity contribution in [1.29, 1.82) is 0 Å². The summed E-state index contributed by atoms with van der Waals surface area (Å²) in [6.45, 7) is 3.82. The minimum absolute atomic E-state index is 0.309. The predicted molar refractivity (Wildman–Crippen MR) is 83.8 cm³/mol. The van der Waals surface area contributed by atoms with Crippen molar-refractivity contribution in [2.45, 2.75) is 26.2 Å². The smallest absolute Gasteiger partial charge is 0.225 e. The molecule has 2 heterocycles. The molecule has 6 heteroatoms. The highest BCUT2D eigenvalue weighted by molar-refractivity contribution is 7.18. The zero-order valence-corrected chi connectivity index (χ0v) is 13.3. The molecule has 1 aliphatic rings. The summed E-state index contributed by atoms with van der Waals surface area (Å²) in [5.74, 6) is 0.855. The third kappa shape index (κ3) is 2.90. The molecule has 1 N–H and O–H groups in total. The fourth-order valence-corrected chi connectivity index (χ4v) is 3.53. The van der Waals surface area contributed by atoms with E-state index < -0.39 is 0 Å². The van der Waals surface area contributed by atoms with Crippen LogP contribution in [0.3, 0.4) is 0 Å². The largest absolute Gasteiger partial charge is 0.385 e. The molecule has 108 valence electrons. The highest BCUT2D eigenvalue weighted by Gasteiger charge is 2.41. The second kappa shape index (κ2) is 5.47. The van der Waals surface area contributed by atoms with E-state index in [0.717, 1.165) is 35.6 Å². The van der Waals surface area contributed by atoms with E-state index >= 15 is 0 Å². The van der Waals surface area contributed by atoms with Crippen LogP contribution < -0.4 is 5.32 Å². The minimum atomic E-state index is 0.309. The Hall–Kier alpha value is -0.910. The van der Waals surface area contributed by atoms with Crippen molar-refractivity contribution < 1.29 is 4.74 Å². The van der Waals surface area contributed by atoms with E-state index in [1.54, 1.807) is 18.4 Å². The second-order valence-corrected chi connectivity index (χ2v) is 7.09. The van der Waals surface area contributed by atoms with Crippen LogP contribution in [-0.4, -0.2) is 30.2 Å². The van der Waals surface area contributed by atoms with Crippen molar-refractivity contribution in [2.24, 2.45) is 5.41 Å². The first-order chi connectivity index (χ1) is 9.62. The maximum atomic E-state index is 6.01. The lowest BCUT2D eigenvalue weighted by Crippen LogP contribution is -2.18.